The molecule has 3 aromatic rings. The molecule has 1 aromatic heterocycles. The Morgan fingerprint density at radius 3 is 2.44 bits per heavy atom. The van der Waals surface area contributed by atoms with E-state index in [2.05, 4.69) is 19.9 Å². The zero-order valence-electron chi connectivity index (χ0n) is 23.9. The summed E-state index contributed by atoms with van der Waals surface area (Å²) < 4.78 is 46.5. The molecule has 43 heavy (non-hydrogen) atoms. The van der Waals surface area contributed by atoms with Gasteiger partial charge in [-0.25, -0.2) is 17.8 Å². The van der Waals surface area contributed by atoms with E-state index in [4.69, 9.17) is 37.4 Å². The molecule has 0 saturated carbocycles. The molecule has 12 nitrogen and oxygen atoms in total. The lowest BCUT2D eigenvalue weighted by Crippen LogP contribution is -2.31. The molecular weight excluding hydrogens is 621 g/mol. The number of fused-ring (bicyclic) bond motifs is 1. The van der Waals surface area contributed by atoms with Crippen LogP contribution in [0.25, 0.3) is 0 Å². The van der Waals surface area contributed by atoms with Gasteiger partial charge >= 0.3 is 0 Å². The number of rotatable bonds is 17. The Balaban J connectivity index is 1.14. The Bertz CT molecular complexity index is 1460. The van der Waals surface area contributed by atoms with E-state index in [1.165, 1.54) is 4.68 Å². The first-order valence-corrected chi connectivity index (χ1v) is 16.1. The number of benzene rings is 2. The minimum Gasteiger partial charge on any atom is -0.390 e. The number of hydrogen-bond donors (Lipinski definition) is 3. The maximum absolute atomic E-state index is 13.0. The molecule has 15 heteroatoms. The van der Waals surface area contributed by atoms with Crippen LogP contribution in [-0.2, 0) is 50.5 Å². The van der Waals surface area contributed by atoms with Gasteiger partial charge in [0.25, 0.3) is 0 Å². The lowest BCUT2D eigenvalue weighted by Gasteiger charge is -2.33. The molecule has 1 atom stereocenters. The summed E-state index contributed by atoms with van der Waals surface area (Å²) in [5.41, 5.74) is 3.70. The van der Waals surface area contributed by atoms with Crippen LogP contribution in [0.15, 0.2) is 41.3 Å². The molecule has 1 aliphatic rings. The van der Waals surface area contributed by atoms with Gasteiger partial charge in [0.15, 0.2) is 0 Å². The second kappa shape index (κ2) is 16.2. The predicted octanol–water partition coefficient (Wildman–Crippen LogP) is 2.18. The number of aromatic nitrogens is 3. The third-order valence-corrected chi connectivity index (χ3v) is 9.02. The predicted molar refractivity (Wildman–Crippen MR) is 161 cm³/mol. The van der Waals surface area contributed by atoms with Crippen molar-refractivity contribution in [3.8, 4) is 0 Å². The van der Waals surface area contributed by atoms with Crippen LogP contribution >= 0.6 is 23.2 Å². The van der Waals surface area contributed by atoms with Crippen molar-refractivity contribution in [1.29, 1.82) is 0 Å². The summed E-state index contributed by atoms with van der Waals surface area (Å²) in [4.78, 5) is 2.34. The minimum absolute atomic E-state index is 0.0678. The van der Waals surface area contributed by atoms with Gasteiger partial charge in [0, 0.05) is 35.6 Å². The molecule has 0 fully saturated rings. The third kappa shape index (κ3) is 9.17. The number of nitrogens with one attached hydrogen (secondary N) is 1. The van der Waals surface area contributed by atoms with Crippen LogP contribution in [0, 0.1) is 0 Å². The molecule has 0 aliphatic carbocycles. The fraction of sp³-hybridized carbons (Fsp3) is 0.500. The molecule has 1 aliphatic heterocycles. The SMILES string of the molecule is CN1Cc2c(Cl)cc(Cl)cc2C(c2cccc(S(=O)(=O)NCCOCCOCCOCCn3nnc(CO)c3CO)c2)C1. The number of nitrogens with zero attached hydrogens (tertiary/aromatic N) is 4. The normalized spacial score (nSPS) is 15.6. The van der Waals surface area contributed by atoms with Crippen LogP contribution in [0.5, 0.6) is 0 Å². The summed E-state index contributed by atoms with van der Waals surface area (Å²) >= 11 is 12.8. The molecule has 2 aromatic carbocycles. The number of aliphatic hydroxyl groups is 2. The fourth-order valence-electron chi connectivity index (χ4n) is 4.90. The zero-order valence-corrected chi connectivity index (χ0v) is 26.2. The van der Waals surface area contributed by atoms with E-state index in [9.17, 15) is 18.6 Å². The summed E-state index contributed by atoms with van der Waals surface area (Å²) in [6.07, 6.45) is 0. The van der Waals surface area contributed by atoms with Gasteiger partial charge in [0.1, 0.15) is 5.69 Å². The fourth-order valence-corrected chi connectivity index (χ4v) is 6.53. The highest BCUT2D eigenvalue weighted by molar-refractivity contribution is 7.89. The minimum atomic E-state index is -3.74. The van der Waals surface area contributed by atoms with E-state index in [1.54, 1.807) is 24.3 Å². The summed E-state index contributed by atoms with van der Waals surface area (Å²) in [5, 5.41) is 27.4. The third-order valence-electron chi connectivity index (χ3n) is 7.01. The van der Waals surface area contributed by atoms with Gasteiger partial charge < -0.3 is 29.3 Å². The number of ether oxygens (including phenoxy) is 3. The molecule has 0 radical (unpaired) electrons. The van der Waals surface area contributed by atoms with Crippen LogP contribution in [0.3, 0.4) is 0 Å². The van der Waals surface area contributed by atoms with Gasteiger partial charge in [0.2, 0.25) is 10.0 Å². The standard InChI is InChI=1S/C28H37Cl2N5O7S/c1-34-16-24(23-14-21(29)15-26(30)25(23)17-34)20-3-2-4-22(13-20)43(38,39)31-5-7-40-9-11-42-12-10-41-8-6-35-28(19-37)27(18-36)32-33-35/h2-4,13-15,24,31,36-37H,5-12,16-19H2,1H3. The summed E-state index contributed by atoms with van der Waals surface area (Å²) in [6.45, 7) is 3.27. The number of likely N-dealkylation sites (N-methyl/N-ethyl adjacent to an activating group) is 1. The first-order chi connectivity index (χ1) is 20.7. The maximum atomic E-state index is 13.0. The van der Waals surface area contributed by atoms with E-state index in [0.717, 1.165) is 16.7 Å². The highest BCUT2D eigenvalue weighted by Gasteiger charge is 2.28. The molecule has 3 N–H and O–H groups in total. The number of halogens is 2. The number of aliphatic hydroxyl groups excluding tert-OH is 2. The maximum Gasteiger partial charge on any atom is 0.240 e. The molecule has 0 spiro atoms. The second-order valence-corrected chi connectivity index (χ2v) is 12.6. The van der Waals surface area contributed by atoms with E-state index in [0.29, 0.717) is 74.1 Å². The lowest BCUT2D eigenvalue weighted by atomic mass is 9.85. The van der Waals surface area contributed by atoms with Gasteiger partial charge in [-0.1, -0.05) is 40.5 Å². The molecule has 4 rings (SSSR count). The van der Waals surface area contributed by atoms with Crippen molar-refractivity contribution in [1.82, 2.24) is 24.6 Å². The van der Waals surface area contributed by atoms with Crippen molar-refractivity contribution in [3.63, 3.8) is 0 Å². The molecule has 1 unspecified atom stereocenters. The van der Waals surface area contributed by atoms with Crippen LogP contribution in [0.1, 0.15) is 34.0 Å². The van der Waals surface area contributed by atoms with Crippen molar-refractivity contribution in [2.45, 2.75) is 37.1 Å². The average molecular weight is 659 g/mol. The van der Waals surface area contributed by atoms with Crippen LogP contribution < -0.4 is 4.72 Å². The topological polar surface area (TPSA) is 148 Å². The van der Waals surface area contributed by atoms with Gasteiger partial charge in [-0.3, -0.25) is 0 Å². The highest BCUT2D eigenvalue weighted by atomic mass is 35.5. The van der Waals surface area contributed by atoms with Crippen molar-refractivity contribution < 1.29 is 32.8 Å². The summed E-state index contributed by atoms with van der Waals surface area (Å²) in [6, 6.07) is 10.6. The highest BCUT2D eigenvalue weighted by Crippen LogP contribution is 2.38. The molecular formula is C28H37Cl2N5O7S. The molecule has 0 saturated heterocycles. The van der Waals surface area contributed by atoms with Gasteiger partial charge in [-0.15, -0.1) is 5.10 Å². The van der Waals surface area contributed by atoms with E-state index in [-0.39, 0.29) is 37.2 Å². The molecule has 0 amide bonds. The van der Waals surface area contributed by atoms with Crippen LogP contribution in [0.2, 0.25) is 10.0 Å². The largest absolute Gasteiger partial charge is 0.390 e. The zero-order chi connectivity index (χ0) is 30.8. The first kappa shape index (κ1) is 33.7. The van der Waals surface area contributed by atoms with Crippen molar-refractivity contribution in [3.05, 3.63) is 74.5 Å². The van der Waals surface area contributed by atoms with Gasteiger partial charge in [-0.2, -0.15) is 0 Å². The van der Waals surface area contributed by atoms with E-state index >= 15 is 0 Å². The molecule has 0 bridgehead atoms. The first-order valence-electron chi connectivity index (χ1n) is 13.9. The number of hydrogen-bond acceptors (Lipinski definition) is 10. The van der Waals surface area contributed by atoms with E-state index < -0.39 is 10.0 Å². The summed E-state index contributed by atoms with van der Waals surface area (Å²) in [5.74, 6) is -0.0678. The Hall–Kier alpha value is -2.17. The second-order valence-electron chi connectivity index (χ2n) is 10.0. The Morgan fingerprint density at radius 1 is 1.00 bits per heavy atom. The molecule has 2 heterocycles. The Kier molecular flexibility index (Phi) is 12.7. The molecule has 236 valence electrons. The van der Waals surface area contributed by atoms with Crippen molar-refractivity contribution in [2.24, 2.45) is 0 Å². The summed E-state index contributed by atoms with van der Waals surface area (Å²) in [7, 11) is -1.74. The number of sulfonamides is 1. The van der Waals surface area contributed by atoms with Crippen LogP contribution in [-0.4, -0.2) is 98.3 Å². The van der Waals surface area contributed by atoms with Gasteiger partial charge in [-0.05, 0) is 48.0 Å². The van der Waals surface area contributed by atoms with Crippen molar-refractivity contribution >= 4 is 33.2 Å². The quantitative estimate of drug-likeness (QED) is 0.184. The monoisotopic (exact) mass is 657 g/mol. The Labute approximate surface area is 261 Å². The van der Waals surface area contributed by atoms with E-state index in [1.807, 2.05) is 19.2 Å². The lowest BCUT2D eigenvalue weighted by molar-refractivity contribution is 0.0135. The Morgan fingerprint density at radius 2 is 1.72 bits per heavy atom. The van der Waals surface area contributed by atoms with Gasteiger partial charge in [0.05, 0.1) is 70.0 Å². The average Bonchev–Trinajstić information content (AvgIpc) is 3.39. The smallest absolute Gasteiger partial charge is 0.240 e. The van der Waals surface area contributed by atoms with Crippen LogP contribution in [0.4, 0.5) is 0 Å². The van der Waals surface area contributed by atoms with Crippen molar-refractivity contribution in [2.75, 3.05) is 59.8 Å².